The van der Waals surface area contributed by atoms with Gasteiger partial charge in [-0.05, 0) is 6.92 Å². The second kappa shape index (κ2) is 7.66. The first-order valence-corrected chi connectivity index (χ1v) is 6.40. The number of methoxy groups -OCH3 is 1. The number of rotatable bonds is 7. The number of amides is 1. The number of nitrogens with one attached hydrogen (secondary N) is 2. The Hall–Kier alpha value is -0.570. The van der Waals surface area contributed by atoms with Crippen LogP contribution in [0.5, 0.6) is 0 Å². The number of hydrogen-bond donors (Lipinski definition) is 2. The normalized spacial score (nSPS) is 13.2. The van der Waals surface area contributed by atoms with Gasteiger partial charge in [-0.3, -0.25) is 0 Å². The van der Waals surface area contributed by atoms with Gasteiger partial charge >= 0.3 is 16.3 Å². The van der Waals surface area contributed by atoms with Gasteiger partial charge < -0.3 is 9.47 Å². The van der Waals surface area contributed by atoms with E-state index >= 15 is 0 Å². The van der Waals surface area contributed by atoms with Gasteiger partial charge in [0.25, 0.3) is 0 Å². The Morgan fingerprint density at radius 1 is 1.50 bits per heavy atom. The standard InChI is InChI=1S/C7H15ClN2O5S/c1-3-15-7(11)10-16(12,13)9-4-6(8)5-14-2/h6,9H,3-5H2,1-2H3,(H,10,11). The first-order chi connectivity index (χ1) is 7.41. The fourth-order valence-electron chi connectivity index (χ4n) is 0.746. The molecule has 0 saturated carbocycles. The first-order valence-electron chi connectivity index (χ1n) is 4.48. The van der Waals surface area contributed by atoms with E-state index in [-0.39, 0.29) is 19.8 Å². The number of carbonyl (C=O) groups is 1. The number of carbonyl (C=O) groups excluding carboxylic acids is 1. The Labute approximate surface area is 99.6 Å². The fraction of sp³-hybridized carbons (Fsp3) is 0.857. The predicted octanol–water partition coefficient (Wildman–Crippen LogP) is -0.179. The molecule has 16 heavy (non-hydrogen) atoms. The van der Waals surface area contributed by atoms with Gasteiger partial charge in [-0.1, -0.05) is 0 Å². The van der Waals surface area contributed by atoms with Crippen molar-refractivity contribution in [2.45, 2.75) is 12.3 Å². The van der Waals surface area contributed by atoms with Crippen LogP contribution in [0.3, 0.4) is 0 Å². The summed E-state index contributed by atoms with van der Waals surface area (Å²) in [6.07, 6.45) is -1.03. The van der Waals surface area contributed by atoms with Crippen LogP contribution >= 0.6 is 11.6 Å². The zero-order valence-corrected chi connectivity index (χ0v) is 10.6. The topological polar surface area (TPSA) is 93.7 Å². The number of ether oxygens (including phenoxy) is 2. The van der Waals surface area contributed by atoms with Crippen LogP contribution in [0.4, 0.5) is 4.79 Å². The summed E-state index contributed by atoms with van der Waals surface area (Å²) in [5.74, 6) is 0. The van der Waals surface area contributed by atoms with Crippen molar-refractivity contribution in [1.29, 1.82) is 0 Å². The van der Waals surface area contributed by atoms with E-state index in [4.69, 9.17) is 16.3 Å². The summed E-state index contributed by atoms with van der Waals surface area (Å²) < 4.78 is 35.3. The largest absolute Gasteiger partial charge is 0.449 e. The summed E-state index contributed by atoms with van der Waals surface area (Å²) in [5.41, 5.74) is 0. The summed E-state index contributed by atoms with van der Waals surface area (Å²) >= 11 is 5.69. The lowest BCUT2D eigenvalue weighted by molar-refractivity contribution is 0.158. The molecule has 0 heterocycles. The summed E-state index contributed by atoms with van der Waals surface area (Å²) in [6.45, 7) is 1.80. The molecule has 1 amide bonds. The monoisotopic (exact) mass is 274 g/mol. The van der Waals surface area contributed by atoms with Crippen LogP contribution in [0.25, 0.3) is 0 Å². The molecular formula is C7H15ClN2O5S. The third-order valence-electron chi connectivity index (χ3n) is 1.34. The molecule has 7 nitrogen and oxygen atoms in total. The third-order valence-corrected chi connectivity index (χ3v) is 2.60. The second-order valence-corrected chi connectivity index (χ2v) is 4.84. The van der Waals surface area contributed by atoms with Crippen molar-refractivity contribution in [1.82, 2.24) is 9.44 Å². The van der Waals surface area contributed by atoms with Gasteiger partial charge in [-0.15, -0.1) is 11.6 Å². The zero-order valence-electron chi connectivity index (χ0n) is 9.03. The van der Waals surface area contributed by atoms with Gasteiger partial charge in [0.1, 0.15) is 0 Å². The molecule has 9 heteroatoms. The second-order valence-electron chi connectivity index (χ2n) is 2.73. The van der Waals surface area contributed by atoms with Gasteiger partial charge in [-0.25, -0.2) is 9.52 Å². The average Bonchev–Trinajstić information content (AvgIpc) is 2.15. The average molecular weight is 275 g/mol. The van der Waals surface area contributed by atoms with Crippen LogP contribution in [0, 0.1) is 0 Å². The zero-order chi connectivity index (χ0) is 12.6. The maximum absolute atomic E-state index is 11.2. The molecule has 0 saturated heterocycles. The van der Waals surface area contributed by atoms with E-state index in [2.05, 4.69) is 9.46 Å². The molecule has 0 aromatic rings. The maximum atomic E-state index is 11.2. The minimum Gasteiger partial charge on any atom is -0.449 e. The van der Waals surface area contributed by atoms with E-state index in [1.54, 1.807) is 11.6 Å². The molecule has 0 aromatic carbocycles. The quantitative estimate of drug-likeness (QED) is 0.628. The van der Waals surface area contributed by atoms with Crippen molar-refractivity contribution < 1.29 is 22.7 Å². The molecule has 0 radical (unpaired) electrons. The number of alkyl halides is 1. The van der Waals surface area contributed by atoms with Gasteiger partial charge in [0.05, 0.1) is 18.6 Å². The van der Waals surface area contributed by atoms with Crippen LogP contribution in [-0.2, 0) is 19.7 Å². The van der Waals surface area contributed by atoms with E-state index in [1.807, 2.05) is 0 Å². The molecule has 0 aliphatic rings. The van der Waals surface area contributed by atoms with Gasteiger partial charge in [0.2, 0.25) is 0 Å². The highest BCUT2D eigenvalue weighted by Gasteiger charge is 2.16. The molecule has 0 bridgehead atoms. The molecule has 0 aliphatic heterocycles. The first kappa shape index (κ1) is 15.4. The summed E-state index contributed by atoms with van der Waals surface area (Å²) in [6, 6.07) is 0. The molecule has 1 unspecified atom stereocenters. The highest BCUT2D eigenvalue weighted by atomic mass is 35.5. The molecule has 2 N–H and O–H groups in total. The summed E-state index contributed by atoms with van der Waals surface area (Å²) in [7, 11) is -2.49. The van der Waals surface area contributed by atoms with E-state index in [0.717, 1.165) is 0 Å². The Morgan fingerprint density at radius 3 is 2.62 bits per heavy atom. The molecule has 0 fully saturated rings. The molecule has 1 atom stereocenters. The Bertz CT molecular complexity index is 308. The number of hydrogen-bond acceptors (Lipinski definition) is 5. The van der Waals surface area contributed by atoms with Crippen molar-refractivity contribution in [3.05, 3.63) is 0 Å². The highest BCUT2D eigenvalue weighted by Crippen LogP contribution is 1.94. The Morgan fingerprint density at radius 2 is 2.12 bits per heavy atom. The minimum atomic E-state index is -3.93. The maximum Gasteiger partial charge on any atom is 0.421 e. The van der Waals surface area contributed by atoms with Crippen LogP contribution in [0.1, 0.15) is 6.92 Å². The van der Waals surface area contributed by atoms with Crippen LogP contribution in [0.2, 0.25) is 0 Å². The lowest BCUT2D eigenvalue weighted by atomic mass is 10.5. The molecule has 0 aliphatic carbocycles. The molecule has 96 valence electrons. The van der Waals surface area contributed by atoms with Crippen molar-refractivity contribution in [2.24, 2.45) is 0 Å². The third kappa shape index (κ3) is 7.69. The molecule has 0 aromatic heterocycles. The predicted molar refractivity (Wildman–Crippen MR) is 58.6 cm³/mol. The van der Waals surface area contributed by atoms with Crippen LogP contribution in [-0.4, -0.2) is 46.8 Å². The summed E-state index contributed by atoms with van der Waals surface area (Å²) in [5, 5.41) is -0.510. The van der Waals surface area contributed by atoms with Crippen molar-refractivity contribution >= 4 is 27.9 Å². The van der Waals surface area contributed by atoms with Gasteiger partial charge in [0, 0.05) is 13.7 Å². The fourth-order valence-corrected chi connectivity index (χ4v) is 1.81. The van der Waals surface area contributed by atoms with E-state index < -0.39 is 21.7 Å². The molecular weight excluding hydrogens is 260 g/mol. The lowest BCUT2D eigenvalue weighted by Gasteiger charge is -2.10. The SMILES string of the molecule is CCOC(=O)NS(=O)(=O)NCC(Cl)COC. The minimum absolute atomic E-state index is 0.0515. The van der Waals surface area contributed by atoms with E-state index in [9.17, 15) is 13.2 Å². The van der Waals surface area contributed by atoms with E-state index in [1.165, 1.54) is 7.11 Å². The number of halogens is 1. The van der Waals surface area contributed by atoms with Crippen LogP contribution < -0.4 is 9.44 Å². The molecule has 0 spiro atoms. The highest BCUT2D eigenvalue weighted by molar-refractivity contribution is 7.88. The van der Waals surface area contributed by atoms with Gasteiger partial charge in [0.15, 0.2) is 0 Å². The van der Waals surface area contributed by atoms with E-state index in [0.29, 0.717) is 0 Å². The van der Waals surface area contributed by atoms with Gasteiger partial charge in [-0.2, -0.15) is 13.1 Å². The van der Waals surface area contributed by atoms with Crippen molar-refractivity contribution in [2.75, 3.05) is 26.9 Å². The van der Waals surface area contributed by atoms with Crippen LogP contribution in [0.15, 0.2) is 0 Å². The molecule has 0 rings (SSSR count). The summed E-state index contributed by atoms with van der Waals surface area (Å²) in [4.78, 5) is 10.8. The Kier molecular flexibility index (Phi) is 7.39. The van der Waals surface area contributed by atoms with Crippen molar-refractivity contribution in [3.8, 4) is 0 Å². The Balaban J connectivity index is 4.01. The smallest absolute Gasteiger partial charge is 0.421 e. The van der Waals surface area contributed by atoms with Crippen molar-refractivity contribution in [3.63, 3.8) is 0 Å². The lowest BCUT2D eigenvalue weighted by Crippen LogP contribution is -2.43.